The summed E-state index contributed by atoms with van der Waals surface area (Å²) in [5.74, 6) is 6.84. The number of hydrogen-bond donors (Lipinski definition) is 2. The van der Waals surface area contributed by atoms with Gasteiger partial charge in [-0.3, -0.25) is 11.3 Å². The van der Waals surface area contributed by atoms with Crippen LogP contribution >= 0.6 is 11.8 Å². The molecule has 3 heteroatoms. The van der Waals surface area contributed by atoms with Gasteiger partial charge in [0, 0.05) is 10.9 Å². The average Bonchev–Trinajstić information content (AvgIpc) is 2.48. The first-order chi connectivity index (χ1) is 9.74. The number of rotatable bonds is 6. The van der Waals surface area contributed by atoms with E-state index in [0.717, 1.165) is 12.2 Å². The first-order valence-corrected chi connectivity index (χ1v) is 7.96. The molecule has 0 aromatic heterocycles. The predicted molar refractivity (Wildman–Crippen MR) is 87.8 cm³/mol. The highest BCUT2D eigenvalue weighted by molar-refractivity contribution is 7.99. The van der Waals surface area contributed by atoms with E-state index in [9.17, 15) is 0 Å². The number of aryl methyl sites for hydroxylation is 1. The molecular formula is C17H22N2S. The fourth-order valence-electron chi connectivity index (χ4n) is 2.30. The highest BCUT2D eigenvalue weighted by atomic mass is 32.2. The lowest BCUT2D eigenvalue weighted by Crippen LogP contribution is -2.29. The quantitative estimate of drug-likeness (QED) is 0.481. The van der Waals surface area contributed by atoms with Gasteiger partial charge in [-0.05, 0) is 47.9 Å². The second-order valence-electron chi connectivity index (χ2n) is 4.85. The monoisotopic (exact) mass is 286 g/mol. The number of nitrogens with one attached hydrogen (secondary N) is 1. The molecule has 2 aromatic rings. The summed E-state index contributed by atoms with van der Waals surface area (Å²) in [6.07, 6.45) is 0.906. The Morgan fingerprint density at radius 1 is 1.10 bits per heavy atom. The summed E-state index contributed by atoms with van der Waals surface area (Å²) in [5, 5.41) is 0. The summed E-state index contributed by atoms with van der Waals surface area (Å²) < 4.78 is 0. The van der Waals surface area contributed by atoms with Crippen LogP contribution in [0, 0.1) is 6.92 Å². The molecule has 20 heavy (non-hydrogen) atoms. The minimum Gasteiger partial charge on any atom is -0.271 e. The van der Waals surface area contributed by atoms with E-state index in [2.05, 4.69) is 67.8 Å². The largest absolute Gasteiger partial charge is 0.271 e. The summed E-state index contributed by atoms with van der Waals surface area (Å²) >= 11 is 1.86. The normalized spacial score (nSPS) is 12.3. The molecule has 2 rings (SSSR count). The molecule has 0 saturated heterocycles. The first-order valence-electron chi connectivity index (χ1n) is 6.98. The Morgan fingerprint density at radius 2 is 1.80 bits per heavy atom. The van der Waals surface area contributed by atoms with Gasteiger partial charge >= 0.3 is 0 Å². The Hall–Kier alpha value is -1.29. The van der Waals surface area contributed by atoms with Crippen LogP contribution in [-0.2, 0) is 6.42 Å². The van der Waals surface area contributed by atoms with Gasteiger partial charge in [0.2, 0.25) is 0 Å². The summed E-state index contributed by atoms with van der Waals surface area (Å²) in [4.78, 5) is 1.31. The topological polar surface area (TPSA) is 38.0 Å². The molecule has 0 aliphatic heterocycles. The molecule has 0 aliphatic rings. The maximum absolute atomic E-state index is 5.74. The Morgan fingerprint density at radius 3 is 2.40 bits per heavy atom. The molecule has 2 aromatic carbocycles. The highest BCUT2D eigenvalue weighted by Crippen LogP contribution is 2.23. The molecule has 1 atom stereocenters. The molecule has 1 unspecified atom stereocenters. The number of thioether (sulfide) groups is 1. The molecule has 0 fully saturated rings. The Kier molecular flexibility index (Phi) is 5.65. The number of hydrogen-bond acceptors (Lipinski definition) is 3. The van der Waals surface area contributed by atoms with Crippen molar-refractivity contribution < 1.29 is 0 Å². The smallest absolute Gasteiger partial charge is 0.0500 e. The van der Waals surface area contributed by atoms with Crippen LogP contribution in [0.3, 0.4) is 0 Å². The zero-order valence-corrected chi connectivity index (χ0v) is 12.9. The van der Waals surface area contributed by atoms with Gasteiger partial charge in [0.15, 0.2) is 0 Å². The third-order valence-corrected chi connectivity index (χ3v) is 4.37. The van der Waals surface area contributed by atoms with Crippen LogP contribution in [0.2, 0.25) is 0 Å². The van der Waals surface area contributed by atoms with Crippen molar-refractivity contribution in [2.45, 2.75) is 31.2 Å². The van der Waals surface area contributed by atoms with E-state index < -0.39 is 0 Å². The molecular weight excluding hydrogens is 264 g/mol. The lowest BCUT2D eigenvalue weighted by atomic mass is 9.97. The second-order valence-corrected chi connectivity index (χ2v) is 6.19. The van der Waals surface area contributed by atoms with Crippen LogP contribution in [0.5, 0.6) is 0 Å². The van der Waals surface area contributed by atoms with Crippen LogP contribution in [0.25, 0.3) is 0 Å². The molecule has 0 amide bonds. The molecule has 0 radical (unpaired) electrons. The van der Waals surface area contributed by atoms with Gasteiger partial charge in [-0.1, -0.05) is 43.3 Å². The molecule has 3 N–H and O–H groups in total. The van der Waals surface area contributed by atoms with Crippen molar-refractivity contribution in [1.29, 1.82) is 0 Å². The highest BCUT2D eigenvalue weighted by Gasteiger charge is 2.11. The second kappa shape index (κ2) is 7.48. The van der Waals surface area contributed by atoms with Crippen molar-refractivity contribution in [2.75, 3.05) is 5.75 Å². The van der Waals surface area contributed by atoms with Crippen molar-refractivity contribution in [3.8, 4) is 0 Å². The standard InChI is InChI=1S/C17H22N2S/c1-3-20-16-10-8-14(9-11-16)17(19-18)12-15-7-5-4-6-13(15)2/h4-11,17,19H,3,12,18H2,1-2H3. The van der Waals surface area contributed by atoms with E-state index >= 15 is 0 Å². The lowest BCUT2D eigenvalue weighted by Gasteiger charge is -2.18. The maximum atomic E-state index is 5.74. The van der Waals surface area contributed by atoms with Crippen molar-refractivity contribution in [3.05, 3.63) is 65.2 Å². The van der Waals surface area contributed by atoms with Crippen LogP contribution in [-0.4, -0.2) is 5.75 Å². The number of hydrazine groups is 1. The summed E-state index contributed by atoms with van der Waals surface area (Å²) in [6, 6.07) is 17.3. The fourth-order valence-corrected chi connectivity index (χ4v) is 2.96. The van der Waals surface area contributed by atoms with Gasteiger partial charge in [-0.2, -0.15) is 0 Å². The van der Waals surface area contributed by atoms with E-state index in [4.69, 9.17) is 5.84 Å². The van der Waals surface area contributed by atoms with Crippen LogP contribution < -0.4 is 11.3 Å². The Balaban J connectivity index is 2.13. The average molecular weight is 286 g/mol. The van der Waals surface area contributed by atoms with E-state index in [-0.39, 0.29) is 6.04 Å². The van der Waals surface area contributed by atoms with Gasteiger partial charge in [0.05, 0.1) is 0 Å². The Labute approximate surface area is 125 Å². The van der Waals surface area contributed by atoms with Crippen LogP contribution in [0.4, 0.5) is 0 Å². The lowest BCUT2D eigenvalue weighted by molar-refractivity contribution is 0.550. The van der Waals surface area contributed by atoms with Crippen molar-refractivity contribution >= 4 is 11.8 Å². The zero-order chi connectivity index (χ0) is 14.4. The molecule has 0 saturated carbocycles. The van der Waals surface area contributed by atoms with Crippen molar-refractivity contribution in [2.24, 2.45) is 5.84 Å². The van der Waals surface area contributed by atoms with Gasteiger partial charge in [0.1, 0.15) is 0 Å². The molecule has 0 bridgehead atoms. The van der Waals surface area contributed by atoms with E-state index in [1.807, 2.05) is 11.8 Å². The van der Waals surface area contributed by atoms with Crippen LogP contribution in [0.1, 0.15) is 29.7 Å². The minimum absolute atomic E-state index is 0.150. The molecule has 106 valence electrons. The molecule has 2 nitrogen and oxygen atoms in total. The third kappa shape index (κ3) is 3.85. The first kappa shape index (κ1) is 15.1. The predicted octanol–water partition coefficient (Wildman–Crippen LogP) is 3.85. The van der Waals surface area contributed by atoms with E-state index in [0.29, 0.717) is 0 Å². The van der Waals surface area contributed by atoms with E-state index in [1.54, 1.807) is 0 Å². The SMILES string of the molecule is CCSc1ccc(C(Cc2ccccc2C)NN)cc1. The zero-order valence-electron chi connectivity index (χ0n) is 12.1. The maximum Gasteiger partial charge on any atom is 0.0500 e. The van der Waals surface area contributed by atoms with Gasteiger partial charge in [0.25, 0.3) is 0 Å². The number of nitrogens with two attached hydrogens (primary N) is 1. The number of benzene rings is 2. The fraction of sp³-hybridized carbons (Fsp3) is 0.294. The summed E-state index contributed by atoms with van der Waals surface area (Å²) in [6.45, 7) is 4.31. The van der Waals surface area contributed by atoms with Gasteiger partial charge < -0.3 is 0 Å². The van der Waals surface area contributed by atoms with Crippen LogP contribution in [0.15, 0.2) is 53.4 Å². The van der Waals surface area contributed by atoms with E-state index in [1.165, 1.54) is 21.6 Å². The molecule has 0 heterocycles. The summed E-state index contributed by atoms with van der Waals surface area (Å²) in [5.41, 5.74) is 6.82. The van der Waals surface area contributed by atoms with Gasteiger partial charge in [-0.25, -0.2) is 0 Å². The van der Waals surface area contributed by atoms with Gasteiger partial charge in [-0.15, -0.1) is 11.8 Å². The van der Waals surface area contributed by atoms with Crippen molar-refractivity contribution in [1.82, 2.24) is 5.43 Å². The third-order valence-electron chi connectivity index (χ3n) is 3.48. The van der Waals surface area contributed by atoms with Crippen molar-refractivity contribution in [3.63, 3.8) is 0 Å². The molecule has 0 aliphatic carbocycles. The minimum atomic E-state index is 0.150. The molecule has 0 spiro atoms. The Bertz CT molecular complexity index is 537. The summed E-state index contributed by atoms with van der Waals surface area (Å²) in [7, 11) is 0.